The molecule has 1 amide bonds. The van der Waals surface area contributed by atoms with Gasteiger partial charge in [-0.3, -0.25) is 4.79 Å². The number of hydrogen-bond donors (Lipinski definition) is 1. The predicted octanol–water partition coefficient (Wildman–Crippen LogP) is 4.02. The Morgan fingerprint density at radius 1 is 1.17 bits per heavy atom. The smallest absolute Gasteiger partial charge is 0.387 e. The molecule has 0 spiro atoms. The molecule has 0 saturated carbocycles. The molecule has 0 aliphatic carbocycles. The molecule has 0 heterocycles. The Kier molecular flexibility index (Phi) is 7.88. The molecule has 0 atom stereocenters. The van der Waals surface area contributed by atoms with Crippen molar-refractivity contribution in [3.63, 3.8) is 0 Å². The Hall–Kier alpha value is -3.93. The number of alkyl halides is 2. The second-order valence-corrected chi connectivity index (χ2v) is 5.71. The molecule has 2 aromatic rings. The summed E-state index contributed by atoms with van der Waals surface area (Å²) in [5, 5.41) is 11.9. The maximum absolute atomic E-state index is 12.4. The Balaban J connectivity index is 2.17. The quantitative estimate of drug-likeness (QED) is 0.397. The molecule has 0 radical (unpaired) electrons. The molecule has 9 heteroatoms. The average Bonchev–Trinajstić information content (AvgIpc) is 2.73. The third kappa shape index (κ3) is 6.04. The van der Waals surface area contributed by atoms with E-state index in [1.54, 1.807) is 13.0 Å². The summed E-state index contributed by atoms with van der Waals surface area (Å²) in [4.78, 5) is 24.0. The number of carbonyl (C=O) groups excluding carboxylic acids is 2. The summed E-state index contributed by atoms with van der Waals surface area (Å²) in [6.07, 6.45) is 1.27. The van der Waals surface area contributed by atoms with Crippen molar-refractivity contribution >= 4 is 23.6 Å². The molecule has 0 aliphatic heterocycles. The van der Waals surface area contributed by atoms with Crippen LogP contribution in [-0.4, -0.2) is 32.2 Å². The van der Waals surface area contributed by atoms with Gasteiger partial charge in [0.15, 0.2) is 11.5 Å². The first-order chi connectivity index (χ1) is 14.4. The molecule has 0 fully saturated rings. The van der Waals surface area contributed by atoms with E-state index in [4.69, 9.17) is 9.47 Å². The first kappa shape index (κ1) is 22.4. The number of benzene rings is 2. The second-order valence-electron chi connectivity index (χ2n) is 5.71. The van der Waals surface area contributed by atoms with Crippen molar-refractivity contribution < 1.29 is 32.6 Å². The van der Waals surface area contributed by atoms with Crippen LogP contribution in [0.25, 0.3) is 6.08 Å². The first-order valence-corrected chi connectivity index (χ1v) is 8.71. The number of amides is 1. The number of hydrogen-bond acceptors (Lipinski definition) is 6. The maximum atomic E-state index is 12.4. The first-order valence-electron chi connectivity index (χ1n) is 8.71. The number of nitrogens with zero attached hydrogens (tertiary/aromatic N) is 1. The van der Waals surface area contributed by atoms with Crippen LogP contribution in [0.1, 0.15) is 22.8 Å². The fraction of sp³-hybridized carbons (Fsp3) is 0.190. The van der Waals surface area contributed by atoms with Crippen molar-refractivity contribution in [1.29, 1.82) is 5.26 Å². The third-order valence-corrected chi connectivity index (χ3v) is 3.73. The maximum Gasteiger partial charge on any atom is 0.387 e. The SMILES string of the molecule is CCOC(=O)c1ccc(NC(=O)/C(C#N)=C/c2ccc(OC(F)F)c(OC)c2)cc1. The monoisotopic (exact) mass is 416 g/mol. The van der Waals surface area contributed by atoms with E-state index in [0.29, 0.717) is 16.8 Å². The highest BCUT2D eigenvalue weighted by atomic mass is 19.3. The summed E-state index contributed by atoms with van der Waals surface area (Å²) < 4.78 is 39.0. The van der Waals surface area contributed by atoms with E-state index in [-0.39, 0.29) is 23.7 Å². The molecule has 7 nitrogen and oxygen atoms in total. The number of methoxy groups -OCH3 is 1. The summed E-state index contributed by atoms with van der Waals surface area (Å²) in [5.74, 6) is -1.32. The van der Waals surface area contributed by atoms with Crippen molar-refractivity contribution in [3.05, 3.63) is 59.2 Å². The molecule has 156 valence electrons. The van der Waals surface area contributed by atoms with Gasteiger partial charge in [0.1, 0.15) is 11.6 Å². The summed E-state index contributed by atoms with van der Waals surface area (Å²) in [6, 6.07) is 11.8. The molecular formula is C21H18F2N2O5. The number of carbonyl (C=O) groups is 2. The number of rotatable bonds is 8. The van der Waals surface area contributed by atoms with Gasteiger partial charge in [-0.1, -0.05) is 6.07 Å². The Morgan fingerprint density at radius 2 is 1.87 bits per heavy atom. The molecular weight excluding hydrogens is 398 g/mol. The molecule has 2 rings (SSSR count). The highest BCUT2D eigenvalue weighted by Gasteiger charge is 2.14. The molecule has 0 aliphatic rings. The van der Waals surface area contributed by atoms with E-state index < -0.39 is 18.5 Å². The van der Waals surface area contributed by atoms with Crippen LogP contribution in [0.3, 0.4) is 0 Å². The van der Waals surface area contributed by atoms with Gasteiger partial charge in [0.25, 0.3) is 5.91 Å². The second kappa shape index (κ2) is 10.6. The van der Waals surface area contributed by atoms with Gasteiger partial charge in [0.05, 0.1) is 19.3 Å². The minimum atomic E-state index is -3.02. The van der Waals surface area contributed by atoms with Crippen molar-refractivity contribution in [2.75, 3.05) is 19.0 Å². The van der Waals surface area contributed by atoms with E-state index in [0.717, 1.165) is 0 Å². The van der Waals surface area contributed by atoms with E-state index in [2.05, 4.69) is 10.1 Å². The van der Waals surface area contributed by atoms with Crippen molar-refractivity contribution in [1.82, 2.24) is 0 Å². The molecule has 30 heavy (non-hydrogen) atoms. The molecule has 0 aromatic heterocycles. The minimum absolute atomic E-state index is 0.0244. The lowest BCUT2D eigenvalue weighted by atomic mass is 10.1. The Labute approximate surface area is 171 Å². The summed E-state index contributed by atoms with van der Waals surface area (Å²) in [7, 11) is 1.28. The average molecular weight is 416 g/mol. The number of esters is 1. The molecule has 0 unspecified atom stereocenters. The van der Waals surface area contributed by atoms with Gasteiger partial charge in [-0.2, -0.15) is 14.0 Å². The standard InChI is InChI=1S/C21H18F2N2O5/c1-3-29-20(27)14-5-7-16(8-6-14)25-19(26)15(12-24)10-13-4-9-17(30-21(22)23)18(11-13)28-2/h4-11,21H,3H2,1-2H3,(H,25,26)/b15-10+. The summed E-state index contributed by atoms with van der Waals surface area (Å²) in [6.45, 7) is -1.08. The van der Waals surface area contributed by atoms with Crippen molar-refractivity contribution in [2.45, 2.75) is 13.5 Å². The van der Waals surface area contributed by atoms with Gasteiger partial charge >= 0.3 is 12.6 Å². The van der Waals surface area contributed by atoms with Crippen LogP contribution in [0, 0.1) is 11.3 Å². The van der Waals surface area contributed by atoms with Crippen molar-refractivity contribution in [3.8, 4) is 17.6 Å². The van der Waals surface area contributed by atoms with Crippen LogP contribution in [0.5, 0.6) is 11.5 Å². The van der Waals surface area contributed by atoms with Crippen LogP contribution in [-0.2, 0) is 9.53 Å². The Bertz CT molecular complexity index is 982. The van der Waals surface area contributed by atoms with Gasteiger partial charge < -0.3 is 19.5 Å². The van der Waals surface area contributed by atoms with Crippen LogP contribution < -0.4 is 14.8 Å². The van der Waals surface area contributed by atoms with E-state index in [1.165, 1.54) is 55.7 Å². The van der Waals surface area contributed by atoms with Gasteiger partial charge in [-0.25, -0.2) is 4.79 Å². The summed E-state index contributed by atoms with van der Waals surface area (Å²) in [5.41, 5.74) is 0.837. The number of anilines is 1. The highest BCUT2D eigenvalue weighted by molar-refractivity contribution is 6.09. The predicted molar refractivity (Wildman–Crippen MR) is 104 cm³/mol. The third-order valence-electron chi connectivity index (χ3n) is 3.73. The van der Waals surface area contributed by atoms with E-state index >= 15 is 0 Å². The van der Waals surface area contributed by atoms with Crippen LogP contribution in [0.4, 0.5) is 14.5 Å². The fourth-order valence-electron chi connectivity index (χ4n) is 2.39. The lowest BCUT2D eigenvalue weighted by Crippen LogP contribution is -2.13. The number of ether oxygens (including phenoxy) is 3. The minimum Gasteiger partial charge on any atom is -0.493 e. The topological polar surface area (TPSA) is 97.7 Å². The normalized spacial score (nSPS) is 10.9. The lowest BCUT2D eigenvalue weighted by Gasteiger charge is -2.10. The van der Waals surface area contributed by atoms with Crippen LogP contribution >= 0.6 is 0 Å². The zero-order chi connectivity index (χ0) is 22.1. The van der Waals surface area contributed by atoms with Gasteiger partial charge in [0, 0.05) is 5.69 Å². The number of nitriles is 1. The van der Waals surface area contributed by atoms with Crippen LogP contribution in [0.2, 0.25) is 0 Å². The molecule has 0 bridgehead atoms. The van der Waals surface area contributed by atoms with Gasteiger partial charge in [-0.05, 0) is 55.0 Å². The largest absolute Gasteiger partial charge is 0.493 e. The molecule has 1 N–H and O–H groups in total. The highest BCUT2D eigenvalue weighted by Crippen LogP contribution is 2.30. The zero-order valence-electron chi connectivity index (χ0n) is 16.1. The van der Waals surface area contributed by atoms with E-state index in [1.807, 2.05) is 0 Å². The fourth-order valence-corrected chi connectivity index (χ4v) is 2.39. The summed E-state index contributed by atoms with van der Waals surface area (Å²) >= 11 is 0. The zero-order valence-corrected chi connectivity index (χ0v) is 16.1. The molecule has 0 saturated heterocycles. The van der Waals surface area contributed by atoms with Gasteiger partial charge in [-0.15, -0.1) is 0 Å². The van der Waals surface area contributed by atoms with E-state index in [9.17, 15) is 23.6 Å². The number of nitrogens with one attached hydrogen (secondary N) is 1. The van der Waals surface area contributed by atoms with Crippen molar-refractivity contribution in [2.24, 2.45) is 0 Å². The Morgan fingerprint density at radius 3 is 2.43 bits per heavy atom. The number of halogens is 2. The van der Waals surface area contributed by atoms with Gasteiger partial charge in [0.2, 0.25) is 0 Å². The van der Waals surface area contributed by atoms with Crippen LogP contribution in [0.15, 0.2) is 48.0 Å². The molecule has 2 aromatic carbocycles. The lowest BCUT2D eigenvalue weighted by molar-refractivity contribution is -0.112.